The zero-order valence-electron chi connectivity index (χ0n) is 15.4. The van der Waals surface area contributed by atoms with Gasteiger partial charge < -0.3 is 9.80 Å². The number of benzene rings is 1. The van der Waals surface area contributed by atoms with Crippen molar-refractivity contribution in [3.05, 3.63) is 29.8 Å². The maximum absolute atomic E-state index is 12.7. The summed E-state index contributed by atoms with van der Waals surface area (Å²) >= 11 is 0. The average Bonchev–Trinajstić information content (AvgIpc) is 2.62. The summed E-state index contributed by atoms with van der Waals surface area (Å²) in [5.74, 6) is 0.944. The zero-order valence-corrected chi connectivity index (χ0v) is 15.4. The molecular formula is C20H29N3O2. The van der Waals surface area contributed by atoms with E-state index in [9.17, 15) is 9.59 Å². The largest absolute Gasteiger partial charge is 0.336 e. The summed E-state index contributed by atoms with van der Waals surface area (Å²) in [7, 11) is 0. The number of nitrogens with zero attached hydrogens (tertiary/aromatic N) is 3. The number of piperazine rings is 1. The van der Waals surface area contributed by atoms with Crippen LogP contribution in [0, 0.1) is 5.92 Å². The predicted octanol–water partition coefficient (Wildman–Crippen LogP) is 2.62. The molecule has 1 aromatic carbocycles. The molecule has 0 N–H and O–H groups in total. The number of anilines is 1. The van der Waals surface area contributed by atoms with Crippen LogP contribution in [0.3, 0.4) is 0 Å². The van der Waals surface area contributed by atoms with Crippen molar-refractivity contribution in [3.8, 4) is 0 Å². The van der Waals surface area contributed by atoms with Crippen molar-refractivity contribution in [1.82, 2.24) is 9.80 Å². The number of hydrogen-bond acceptors (Lipinski definition) is 3. The molecule has 2 fully saturated rings. The van der Waals surface area contributed by atoms with Crippen LogP contribution in [-0.4, -0.2) is 60.9 Å². The molecule has 5 nitrogen and oxygen atoms in total. The second kappa shape index (κ2) is 8.00. The highest BCUT2D eigenvalue weighted by Gasteiger charge is 2.23. The highest BCUT2D eigenvalue weighted by atomic mass is 16.2. The van der Waals surface area contributed by atoms with E-state index in [1.54, 1.807) is 0 Å². The topological polar surface area (TPSA) is 43.9 Å². The lowest BCUT2D eigenvalue weighted by Crippen LogP contribution is -2.49. The van der Waals surface area contributed by atoms with Crippen molar-refractivity contribution in [2.75, 3.05) is 44.2 Å². The van der Waals surface area contributed by atoms with Crippen LogP contribution >= 0.6 is 0 Å². The van der Waals surface area contributed by atoms with Crippen molar-refractivity contribution >= 4 is 17.5 Å². The van der Waals surface area contributed by atoms with Crippen molar-refractivity contribution < 1.29 is 9.59 Å². The highest BCUT2D eigenvalue weighted by molar-refractivity contribution is 5.97. The van der Waals surface area contributed by atoms with E-state index in [1.165, 1.54) is 0 Å². The first-order valence-electron chi connectivity index (χ1n) is 9.46. The van der Waals surface area contributed by atoms with Gasteiger partial charge in [-0.25, -0.2) is 0 Å². The van der Waals surface area contributed by atoms with Crippen LogP contribution in [0.15, 0.2) is 24.3 Å². The monoisotopic (exact) mass is 343 g/mol. The van der Waals surface area contributed by atoms with Crippen LogP contribution in [0.2, 0.25) is 0 Å². The SMILES string of the molecule is CC(C)CN1CCN(C(=O)c2ccc(N3CCCCC3=O)cc2)CC1. The standard InChI is InChI=1S/C20H29N3O2/c1-16(2)15-21-11-13-22(14-12-21)20(25)17-6-8-18(9-7-17)23-10-4-3-5-19(23)24/h6-9,16H,3-5,10-15H2,1-2H3. The van der Waals surface area contributed by atoms with Crippen molar-refractivity contribution in [1.29, 1.82) is 0 Å². The summed E-state index contributed by atoms with van der Waals surface area (Å²) in [4.78, 5) is 30.9. The molecule has 2 heterocycles. The van der Waals surface area contributed by atoms with Crippen LogP contribution in [0.1, 0.15) is 43.5 Å². The Hall–Kier alpha value is -1.88. The van der Waals surface area contributed by atoms with Crippen LogP contribution < -0.4 is 4.90 Å². The minimum absolute atomic E-state index is 0.0979. The number of piperidine rings is 1. The van der Waals surface area contributed by atoms with Gasteiger partial charge in [0.05, 0.1) is 0 Å². The fourth-order valence-corrected chi connectivity index (χ4v) is 3.70. The van der Waals surface area contributed by atoms with E-state index in [1.807, 2.05) is 34.1 Å². The van der Waals surface area contributed by atoms with Gasteiger partial charge in [0.15, 0.2) is 0 Å². The van der Waals surface area contributed by atoms with Gasteiger partial charge in [-0.15, -0.1) is 0 Å². The lowest BCUT2D eigenvalue weighted by atomic mass is 10.1. The molecule has 2 aliphatic rings. The van der Waals surface area contributed by atoms with E-state index in [4.69, 9.17) is 0 Å². The number of hydrogen-bond donors (Lipinski definition) is 0. The predicted molar refractivity (Wildman–Crippen MR) is 99.8 cm³/mol. The number of rotatable bonds is 4. The summed E-state index contributed by atoms with van der Waals surface area (Å²) in [5, 5.41) is 0. The molecule has 0 bridgehead atoms. The maximum Gasteiger partial charge on any atom is 0.253 e. The molecular weight excluding hydrogens is 314 g/mol. The fourth-order valence-electron chi connectivity index (χ4n) is 3.70. The second-order valence-electron chi connectivity index (χ2n) is 7.54. The van der Waals surface area contributed by atoms with E-state index in [0.717, 1.165) is 57.8 Å². The van der Waals surface area contributed by atoms with Gasteiger partial charge in [0.2, 0.25) is 5.91 Å². The molecule has 2 saturated heterocycles. The Morgan fingerprint density at radius 2 is 1.68 bits per heavy atom. The minimum atomic E-state index is 0.0979. The molecule has 0 saturated carbocycles. The molecule has 0 spiro atoms. The Balaban J connectivity index is 1.59. The third-order valence-corrected chi connectivity index (χ3v) is 5.03. The Morgan fingerprint density at radius 1 is 1.00 bits per heavy atom. The third-order valence-electron chi connectivity index (χ3n) is 5.03. The van der Waals surface area contributed by atoms with Gasteiger partial charge in [0, 0.05) is 56.9 Å². The minimum Gasteiger partial charge on any atom is -0.336 e. The quantitative estimate of drug-likeness (QED) is 0.844. The molecule has 5 heteroatoms. The van der Waals surface area contributed by atoms with E-state index in [-0.39, 0.29) is 11.8 Å². The molecule has 136 valence electrons. The van der Waals surface area contributed by atoms with E-state index >= 15 is 0 Å². The normalized spacial score (nSPS) is 19.6. The van der Waals surface area contributed by atoms with Crippen LogP contribution in [-0.2, 0) is 4.79 Å². The first kappa shape index (κ1) is 17.9. The molecule has 0 unspecified atom stereocenters. The van der Waals surface area contributed by atoms with Crippen LogP contribution in [0.25, 0.3) is 0 Å². The smallest absolute Gasteiger partial charge is 0.253 e. The first-order chi connectivity index (χ1) is 12.0. The van der Waals surface area contributed by atoms with Crippen molar-refractivity contribution in [2.45, 2.75) is 33.1 Å². The first-order valence-corrected chi connectivity index (χ1v) is 9.46. The van der Waals surface area contributed by atoms with E-state index in [0.29, 0.717) is 17.9 Å². The molecule has 0 radical (unpaired) electrons. The summed E-state index contributed by atoms with van der Waals surface area (Å²) < 4.78 is 0. The molecule has 0 aliphatic carbocycles. The van der Waals surface area contributed by atoms with Gasteiger partial charge in [-0.3, -0.25) is 14.5 Å². The number of carbonyl (C=O) groups excluding carboxylic acids is 2. The van der Waals surface area contributed by atoms with Crippen LogP contribution in [0.4, 0.5) is 5.69 Å². The Morgan fingerprint density at radius 3 is 2.28 bits per heavy atom. The molecule has 2 aliphatic heterocycles. The van der Waals surface area contributed by atoms with Gasteiger partial charge in [0.1, 0.15) is 0 Å². The van der Waals surface area contributed by atoms with E-state index in [2.05, 4.69) is 18.7 Å². The zero-order chi connectivity index (χ0) is 17.8. The Labute approximate surface area is 150 Å². The lowest BCUT2D eigenvalue weighted by Gasteiger charge is -2.35. The maximum atomic E-state index is 12.7. The van der Waals surface area contributed by atoms with Gasteiger partial charge in [-0.05, 0) is 43.0 Å². The van der Waals surface area contributed by atoms with E-state index < -0.39 is 0 Å². The Kier molecular flexibility index (Phi) is 5.74. The summed E-state index contributed by atoms with van der Waals surface area (Å²) in [6.45, 7) is 9.81. The molecule has 3 rings (SSSR count). The second-order valence-corrected chi connectivity index (χ2v) is 7.54. The molecule has 25 heavy (non-hydrogen) atoms. The Bertz CT molecular complexity index is 604. The number of amides is 2. The van der Waals surface area contributed by atoms with Crippen molar-refractivity contribution in [2.24, 2.45) is 5.92 Å². The highest BCUT2D eigenvalue weighted by Crippen LogP contribution is 2.22. The van der Waals surface area contributed by atoms with Crippen molar-refractivity contribution in [3.63, 3.8) is 0 Å². The van der Waals surface area contributed by atoms with Gasteiger partial charge >= 0.3 is 0 Å². The molecule has 0 atom stereocenters. The lowest BCUT2D eigenvalue weighted by molar-refractivity contribution is -0.119. The summed E-state index contributed by atoms with van der Waals surface area (Å²) in [6, 6.07) is 7.54. The third kappa shape index (κ3) is 4.40. The molecule has 2 amide bonds. The molecule has 1 aromatic rings. The average molecular weight is 343 g/mol. The summed E-state index contributed by atoms with van der Waals surface area (Å²) in [6.07, 6.45) is 2.66. The van der Waals surface area contributed by atoms with Gasteiger partial charge in [-0.2, -0.15) is 0 Å². The van der Waals surface area contributed by atoms with Crippen LogP contribution in [0.5, 0.6) is 0 Å². The number of carbonyl (C=O) groups is 2. The fraction of sp³-hybridized carbons (Fsp3) is 0.600. The molecule has 0 aromatic heterocycles. The van der Waals surface area contributed by atoms with Gasteiger partial charge in [0.25, 0.3) is 5.91 Å². The van der Waals surface area contributed by atoms with Gasteiger partial charge in [-0.1, -0.05) is 13.8 Å². The summed E-state index contributed by atoms with van der Waals surface area (Å²) in [5.41, 5.74) is 1.62.